The van der Waals surface area contributed by atoms with Gasteiger partial charge in [0.05, 0.1) is 12.7 Å². The first-order valence-electron chi connectivity index (χ1n) is 7.52. The van der Waals surface area contributed by atoms with E-state index >= 15 is 0 Å². The van der Waals surface area contributed by atoms with Gasteiger partial charge in [-0.3, -0.25) is 0 Å². The Hall–Kier alpha value is -0.160. The lowest BCUT2D eigenvalue weighted by Crippen LogP contribution is -2.43. The van der Waals surface area contributed by atoms with E-state index < -0.39 is 0 Å². The summed E-state index contributed by atoms with van der Waals surface area (Å²) in [6, 6.07) is 0.963. The summed E-state index contributed by atoms with van der Waals surface area (Å²) >= 11 is 0. The van der Waals surface area contributed by atoms with E-state index in [1.54, 1.807) is 0 Å². The molecular weight excluding hydrogens is 228 g/mol. The summed E-state index contributed by atoms with van der Waals surface area (Å²) in [5.74, 6) is 0. The molecule has 106 valence electrons. The van der Waals surface area contributed by atoms with Gasteiger partial charge in [0.15, 0.2) is 0 Å². The molecule has 0 radical (unpaired) electrons. The normalized spacial score (nSPS) is 27.3. The predicted molar refractivity (Wildman–Crippen MR) is 72.7 cm³/mol. The van der Waals surface area contributed by atoms with Crippen LogP contribution < -0.4 is 5.32 Å². The lowest BCUT2D eigenvalue weighted by atomic mass is 10.1. The third kappa shape index (κ3) is 4.84. The van der Waals surface area contributed by atoms with Gasteiger partial charge >= 0.3 is 0 Å². The van der Waals surface area contributed by atoms with Crippen molar-refractivity contribution in [2.75, 3.05) is 32.8 Å². The molecule has 0 aromatic heterocycles. The smallest absolute Gasteiger partial charge is 0.0702 e. The molecule has 0 spiro atoms. The number of nitrogens with zero attached hydrogens (tertiary/aromatic N) is 1. The number of nitrogens with one attached hydrogen (secondary N) is 1. The van der Waals surface area contributed by atoms with Crippen LogP contribution in [-0.2, 0) is 4.74 Å². The fourth-order valence-corrected chi connectivity index (χ4v) is 2.74. The Kier molecular flexibility index (Phi) is 5.89. The molecule has 2 fully saturated rings. The number of hydrogen-bond acceptors (Lipinski definition) is 4. The molecule has 1 aliphatic carbocycles. The van der Waals surface area contributed by atoms with Gasteiger partial charge in [0.1, 0.15) is 0 Å². The second kappa shape index (κ2) is 7.43. The van der Waals surface area contributed by atoms with Crippen molar-refractivity contribution >= 4 is 0 Å². The quantitative estimate of drug-likeness (QED) is 0.680. The van der Waals surface area contributed by atoms with Crippen molar-refractivity contribution in [2.24, 2.45) is 0 Å². The van der Waals surface area contributed by atoms with Crippen molar-refractivity contribution in [3.63, 3.8) is 0 Å². The van der Waals surface area contributed by atoms with E-state index in [1.165, 1.54) is 32.2 Å². The minimum absolute atomic E-state index is 0.263. The molecule has 2 aliphatic rings. The van der Waals surface area contributed by atoms with Crippen molar-refractivity contribution < 1.29 is 9.84 Å². The molecule has 2 unspecified atom stereocenters. The predicted octanol–water partition coefficient (Wildman–Crippen LogP) is 0.990. The lowest BCUT2D eigenvalue weighted by molar-refractivity contribution is 0.00459. The monoisotopic (exact) mass is 256 g/mol. The van der Waals surface area contributed by atoms with Gasteiger partial charge in [-0.05, 0) is 52.1 Å². The molecule has 4 heteroatoms. The van der Waals surface area contributed by atoms with E-state index in [4.69, 9.17) is 4.74 Å². The fraction of sp³-hybridized carbons (Fsp3) is 1.00. The molecule has 0 amide bonds. The summed E-state index contributed by atoms with van der Waals surface area (Å²) in [5.41, 5.74) is 0. The van der Waals surface area contributed by atoms with Crippen LogP contribution in [0.1, 0.15) is 39.0 Å². The fourth-order valence-electron chi connectivity index (χ4n) is 2.74. The summed E-state index contributed by atoms with van der Waals surface area (Å²) in [7, 11) is 0. The zero-order valence-electron chi connectivity index (χ0n) is 11.6. The number of hydrogen-bond donors (Lipinski definition) is 2. The molecule has 4 nitrogen and oxygen atoms in total. The molecule has 0 bridgehead atoms. The van der Waals surface area contributed by atoms with Gasteiger partial charge in [0, 0.05) is 25.2 Å². The largest absolute Gasteiger partial charge is 0.395 e. The summed E-state index contributed by atoms with van der Waals surface area (Å²) in [6.07, 6.45) is 6.48. The van der Waals surface area contributed by atoms with Crippen molar-refractivity contribution in [2.45, 2.75) is 57.2 Å². The van der Waals surface area contributed by atoms with Crippen LogP contribution in [0.25, 0.3) is 0 Å². The first kappa shape index (κ1) is 14.3. The first-order chi connectivity index (χ1) is 8.81. The summed E-state index contributed by atoms with van der Waals surface area (Å²) in [6.45, 7) is 6.48. The number of aliphatic hydroxyl groups is 1. The Morgan fingerprint density at radius 2 is 2.22 bits per heavy atom. The number of ether oxygens (including phenoxy) is 1. The van der Waals surface area contributed by atoms with E-state index in [1.807, 2.05) is 0 Å². The number of aliphatic hydroxyl groups excluding tert-OH is 1. The maximum atomic E-state index is 9.36. The molecule has 2 rings (SSSR count). The highest BCUT2D eigenvalue weighted by Crippen LogP contribution is 2.20. The Morgan fingerprint density at radius 3 is 2.89 bits per heavy atom. The van der Waals surface area contributed by atoms with Gasteiger partial charge < -0.3 is 20.1 Å². The van der Waals surface area contributed by atoms with Crippen LogP contribution in [0, 0.1) is 0 Å². The van der Waals surface area contributed by atoms with Crippen molar-refractivity contribution in [3.05, 3.63) is 0 Å². The number of rotatable bonds is 8. The Morgan fingerprint density at radius 1 is 1.39 bits per heavy atom. The number of likely N-dealkylation sites (tertiary alicyclic amines) is 1. The second-order valence-corrected chi connectivity index (χ2v) is 5.63. The molecule has 0 aromatic carbocycles. The van der Waals surface area contributed by atoms with E-state index in [-0.39, 0.29) is 12.6 Å². The van der Waals surface area contributed by atoms with Crippen molar-refractivity contribution in [1.82, 2.24) is 10.2 Å². The molecule has 0 aromatic rings. The summed E-state index contributed by atoms with van der Waals surface area (Å²) < 4.78 is 5.71. The second-order valence-electron chi connectivity index (χ2n) is 5.63. The van der Waals surface area contributed by atoms with Crippen LogP contribution in [0.4, 0.5) is 0 Å². The Balaban J connectivity index is 1.64. The topological polar surface area (TPSA) is 44.7 Å². The minimum Gasteiger partial charge on any atom is -0.395 e. The molecule has 2 N–H and O–H groups in total. The molecule has 1 heterocycles. The van der Waals surface area contributed by atoms with Gasteiger partial charge in [0.25, 0.3) is 0 Å². The van der Waals surface area contributed by atoms with E-state index in [9.17, 15) is 5.11 Å². The van der Waals surface area contributed by atoms with E-state index in [0.29, 0.717) is 12.1 Å². The van der Waals surface area contributed by atoms with Crippen LogP contribution in [0.3, 0.4) is 0 Å². The maximum absolute atomic E-state index is 9.36. The van der Waals surface area contributed by atoms with Crippen molar-refractivity contribution in [3.8, 4) is 0 Å². The van der Waals surface area contributed by atoms with Gasteiger partial charge in [-0.25, -0.2) is 0 Å². The third-order valence-electron chi connectivity index (χ3n) is 3.93. The first-order valence-corrected chi connectivity index (χ1v) is 7.52. The van der Waals surface area contributed by atoms with Gasteiger partial charge in [-0.15, -0.1) is 0 Å². The highest BCUT2D eigenvalue weighted by molar-refractivity contribution is 4.85. The highest BCUT2D eigenvalue weighted by atomic mass is 16.5. The highest BCUT2D eigenvalue weighted by Gasteiger charge is 2.25. The van der Waals surface area contributed by atoms with E-state index in [2.05, 4.69) is 17.1 Å². The average Bonchev–Trinajstić information content (AvgIpc) is 3.19. The third-order valence-corrected chi connectivity index (χ3v) is 3.93. The van der Waals surface area contributed by atoms with Crippen LogP contribution in [-0.4, -0.2) is 61.0 Å². The Bertz CT molecular complexity index is 232. The molecular formula is C14H28N2O2. The molecule has 2 atom stereocenters. The average molecular weight is 256 g/mol. The Labute approximate surface area is 111 Å². The molecule has 1 saturated heterocycles. The van der Waals surface area contributed by atoms with E-state index in [0.717, 1.165) is 26.1 Å². The van der Waals surface area contributed by atoms with Crippen LogP contribution in [0.15, 0.2) is 0 Å². The lowest BCUT2D eigenvalue weighted by Gasteiger charge is -2.33. The number of piperidine rings is 1. The maximum Gasteiger partial charge on any atom is 0.0702 e. The van der Waals surface area contributed by atoms with Gasteiger partial charge in [-0.2, -0.15) is 0 Å². The van der Waals surface area contributed by atoms with Crippen LogP contribution >= 0.6 is 0 Å². The summed E-state index contributed by atoms with van der Waals surface area (Å²) in [5, 5.41) is 12.9. The molecule has 18 heavy (non-hydrogen) atoms. The summed E-state index contributed by atoms with van der Waals surface area (Å²) in [4.78, 5) is 2.49. The zero-order chi connectivity index (χ0) is 12.8. The van der Waals surface area contributed by atoms with Gasteiger partial charge in [-0.1, -0.05) is 0 Å². The van der Waals surface area contributed by atoms with Crippen LogP contribution in [0.2, 0.25) is 0 Å². The SMILES string of the molecule is CCOC1CCCN(CCC(CO)NC2CC2)C1. The van der Waals surface area contributed by atoms with Crippen molar-refractivity contribution in [1.29, 1.82) is 0 Å². The molecule has 1 saturated carbocycles. The zero-order valence-corrected chi connectivity index (χ0v) is 11.6. The minimum atomic E-state index is 0.263. The van der Waals surface area contributed by atoms with Crippen LogP contribution in [0.5, 0.6) is 0 Å². The molecule has 1 aliphatic heterocycles. The standard InChI is InChI=1S/C14H28N2O2/c1-2-18-14-4-3-8-16(10-14)9-7-13(11-17)15-12-5-6-12/h12-15,17H,2-11H2,1H3. The van der Waals surface area contributed by atoms with Gasteiger partial charge in [0.2, 0.25) is 0 Å².